The number of rotatable bonds is 3. The van der Waals surface area contributed by atoms with Crippen LogP contribution in [0.2, 0.25) is 0 Å². The lowest BCUT2D eigenvalue weighted by Gasteiger charge is -2.58. The molecule has 4 aliphatic rings. The van der Waals surface area contributed by atoms with Crippen LogP contribution in [0.25, 0.3) is 0 Å². The smallest absolute Gasteiger partial charge is 0.307 e. The highest BCUT2D eigenvalue weighted by molar-refractivity contribution is 5.91. The van der Waals surface area contributed by atoms with E-state index in [1.165, 1.54) is 12.5 Å². The minimum Gasteiger partial charge on any atom is -0.481 e. The van der Waals surface area contributed by atoms with Gasteiger partial charge in [0, 0.05) is 18.8 Å². The number of carboxylic acid groups (broad SMARTS) is 1. The largest absolute Gasteiger partial charge is 0.481 e. The van der Waals surface area contributed by atoms with Gasteiger partial charge in [0.2, 0.25) is 0 Å². The van der Waals surface area contributed by atoms with Gasteiger partial charge in [0.15, 0.2) is 5.78 Å². The van der Waals surface area contributed by atoms with Gasteiger partial charge in [-0.2, -0.15) is 0 Å². The number of carbonyl (C=O) groups is 3. The third-order valence-electron chi connectivity index (χ3n) is 8.52. The number of carbonyl (C=O) groups excluding carboxylic acids is 2. The Morgan fingerprint density at radius 3 is 2.63 bits per heavy atom. The van der Waals surface area contributed by atoms with E-state index in [9.17, 15) is 19.5 Å². The molecule has 0 aromatic heterocycles. The predicted molar refractivity (Wildman–Crippen MR) is 98.8 cm³/mol. The topological polar surface area (TPSA) is 80.7 Å². The molecule has 5 nitrogen and oxygen atoms in total. The van der Waals surface area contributed by atoms with Crippen LogP contribution < -0.4 is 0 Å². The second-order valence-electron chi connectivity index (χ2n) is 9.50. The maximum Gasteiger partial charge on any atom is 0.307 e. The monoisotopic (exact) mass is 374 g/mol. The second kappa shape index (κ2) is 6.46. The third-order valence-corrected chi connectivity index (χ3v) is 8.52. The van der Waals surface area contributed by atoms with Gasteiger partial charge < -0.3 is 9.84 Å². The van der Waals surface area contributed by atoms with Crippen molar-refractivity contribution in [1.29, 1.82) is 0 Å². The number of ether oxygens (including phenoxy) is 1. The van der Waals surface area contributed by atoms with Crippen LogP contribution in [-0.2, 0) is 19.1 Å². The molecular weight excluding hydrogens is 344 g/mol. The molecule has 148 valence electrons. The first-order valence-corrected chi connectivity index (χ1v) is 10.4. The summed E-state index contributed by atoms with van der Waals surface area (Å²) in [7, 11) is 0. The summed E-state index contributed by atoms with van der Waals surface area (Å²) in [6.45, 7) is 4.00. The van der Waals surface area contributed by atoms with Crippen molar-refractivity contribution in [3.05, 3.63) is 11.6 Å². The molecule has 0 amide bonds. The first-order chi connectivity index (χ1) is 12.8. The Hall–Kier alpha value is -1.65. The molecule has 0 aliphatic heterocycles. The highest BCUT2D eigenvalue weighted by atomic mass is 16.5. The Morgan fingerprint density at radius 1 is 1.15 bits per heavy atom. The van der Waals surface area contributed by atoms with Crippen LogP contribution in [0.3, 0.4) is 0 Å². The Kier molecular flexibility index (Phi) is 4.47. The molecule has 27 heavy (non-hydrogen) atoms. The van der Waals surface area contributed by atoms with Crippen LogP contribution in [0.4, 0.5) is 0 Å². The van der Waals surface area contributed by atoms with Crippen molar-refractivity contribution >= 4 is 17.7 Å². The molecule has 0 bridgehead atoms. The molecule has 0 radical (unpaired) electrons. The van der Waals surface area contributed by atoms with Crippen molar-refractivity contribution in [3.63, 3.8) is 0 Å². The lowest BCUT2D eigenvalue weighted by Crippen LogP contribution is -2.53. The molecule has 5 heteroatoms. The van der Waals surface area contributed by atoms with Gasteiger partial charge in [0.05, 0.1) is 5.92 Å². The van der Waals surface area contributed by atoms with Gasteiger partial charge in [0.1, 0.15) is 6.61 Å². The van der Waals surface area contributed by atoms with Crippen LogP contribution in [0, 0.1) is 34.5 Å². The summed E-state index contributed by atoms with van der Waals surface area (Å²) in [5, 5.41) is 9.72. The molecule has 3 saturated carbocycles. The SMILES string of the molecule is CC(=O)OC[C@]12CCC(=O)C=C1CC[C@@H]1[C@@H]2CC[C@]2(C)[C@@H](C(=O)O)CC[C@@H]12. The minimum absolute atomic E-state index is 0.124. The number of esters is 1. The fourth-order valence-electron chi connectivity index (χ4n) is 7.27. The maximum atomic E-state index is 12.1. The number of hydrogen-bond acceptors (Lipinski definition) is 4. The van der Waals surface area contributed by atoms with E-state index in [-0.39, 0.29) is 28.5 Å². The molecule has 0 aromatic rings. The lowest BCUT2D eigenvalue weighted by atomic mass is 9.46. The van der Waals surface area contributed by atoms with Gasteiger partial charge in [-0.05, 0) is 74.2 Å². The number of hydrogen-bond donors (Lipinski definition) is 1. The maximum absolute atomic E-state index is 12.1. The molecule has 0 unspecified atom stereocenters. The van der Waals surface area contributed by atoms with E-state index in [2.05, 4.69) is 6.92 Å². The van der Waals surface area contributed by atoms with Crippen molar-refractivity contribution in [2.45, 2.75) is 65.2 Å². The van der Waals surface area contributed by atoms with Crippen LogP contribution >= 0.6 is 0 Å². The number of fused-ring (bicyclic) bond motifs is 5. The van der Waals surface area contributed by atoms with Crippen molar-refractivity contribution in [2.75, 3.05) is 6.61 Å². The molecule has 0 heterocycles. The average molecular weight is 374 g/mol. The third kappa shape index (κ3) is 2.76. The molecule has 0 saturated heterocycles. The lowest BCUT2D eigenvalue weighted by molar-refractivity contribution is -0.155. The molecule has 4 aliphatic carbocycles. The Labute approximate surface area is 160 Å². The van der Waals surface area contributed by atoms with Gasteiger partial charge in [-0.25, -0.2) is 0 Å². The van der Waals surface area contributed by atoms with E-state index >= 15 is 0 Å². The van der Waals surface area contributed by atoms with E-state index in [1.54, 1.807) is 0 Å². The van der Waals surface area contributed by atoms with E-state index in [0.29, 0.717) is 30.8 Å². The first-order valence-electron chi connectivity index (χ1n) is 10.4. The summed E-state index contributed by atoms with van der Waals surface area (Å²) < 4.78 is 5.54. The zero-order chi connectivity index (χ0) is 19.4. The summed E-state index contributed by atoms with van der Waals surface area (Å²) >= 11 is 0. The molecule has 1 N–H and O–H groups in total. The zero-order valence-corrected chi connectivity index (χ0v) is 16.3. The van der Waals surface area contributed by atoms with Crippen LogP contribution in [0.5, 0.6) is 0 Å². The van der Waals surface area contributed by atoms with E-state index in [0.717, 1.165) is 44.9 Å². The molecular formula is C22H30O5. The predicted octanol–water partition coefficient (Wildman–Crippen LogP) is 3.76. The van der Waals surface area contributed by atoms with Gasteiger partial charge >= 0.3 is 11.9 Å². The Bertz CT molecular complexity index is 709. The Balaban J connectivity index is 1.68. The van der Waals surface area contributed by atoms with Crippen LogP contribution in [-0.4, -0.2) is 29.4 Å². The molecule has 4 rings (SSSR count). The molecule has 6 atom stereocenters. The summed E-state index contributed by atoms with van der Waals surface area (Å²) in [5.74, 6) is 0.311. The summed E-state index contributed by atoms with van der Waals surface area (Å²) in [5.41, 5.74) is 0.838. The van der Waals surface area contributed by atoms with Crippen LogP contribution in [0.15, 0.2) is 11.6 Å². The quantitative estimate of drug-likeness (QED) is 0.761. The molecule has 0 aromatic carbocycles. The number of aliphatic carboxylic acids is 1. The standard InChI is InChI=1S/C22H30O5/c1-13(23)27-12-22-10-7-15(24)11-14(22)3-4-16-17-5-6-19(20(25)26)21(17,2)9-8-18(16)22/h11,16-19H,3-10,12H2,1-2H3,(H,25,26)/t16-,17-,18-,19+,21-,22+/m0/s1. The highest BCUT2D eigenvalue weighted by Crippen LogP contribution is 2.66. The van der Waals surface area contributed by atoms with E-state index in [4.69, 9.17) is 4.74 Å². The zero-order valence-electron chi connectivity index (χ0n) is 16.3. The fourth-order valence-corrected chi connectivity index (χ4v) is 7.27. The second-order valence-corrected chi connectivity index (χ2v) is 9.50. The Morgan fingerprint density at radius 2 is 1.93 bits per heavy atom. The minimum atomic E-state index is -0.646. The van der Waals surface area contributed by atoms with Gasteiger partial charge in [-0.1, -0.05) is 12.5 Å². The summed E-state index contributed by atoms with van der Waals surface area (Å²) in [6, 6.07) is 0. The van der Waals surface area contributed by atoms with Crippen molar-refractivity contribution in [2.24, 2.45) is 34.5 Å². The molecule has 3 fully saturated rings. The fraction of sp³-hybridized carbons (Fsp3) is 0.773. The number of carboxylic acids is 1. The number of ketones is 1. The van der Waals surface area contributed by atoms with Gasteiger partial charge in [-0.3, -0.25) is 14.4 Å². The van der Waals surface area contributed by atoms with Gasteiger partial charge in [0.25, 0.3) is 0 Å². The summed E-state index contributed by atoms with van der Waals surface area (Å²) in [4.78, 5) is 35.4. The summed E-state index contributed by atoms with van der Waals surface area (Å²) in [6.07, 6.45) is 8.65. The van der Waals surface area contributed by atoms with Crippen LogP contribution in [0.1, 0.15) is 65.2 Å². The van der Waals surface area contributed by atoms with Crippen molar-refractivity contribution < 1.29 is 24.2 Å². The van der Waals surface area contributed by atoms with E-state index in [1.807, 2.05) is 6.08 Å². The van der Waals surface area contributed by atoms with E-state index < -0.39 is 5.97 Å². The normalized spacial score (nSPS) is 43.2. The van der Waals surface area contributed by atoms with Crippen molar-refractivity contribution in [3.8, 4) is 0 Å². The van der Waals surface area contributed by atoms with Gasteiger partial charge in [-0.15, -0.1) is 0 Å². The van der Waals surface area contributed by atoms with Crippen molar-refractivity contribution in [1.82, 2.24) is 0 Å². The average Bonchev–Trinajstić information content (AvgIpc) is 2.97. The highest BCUT2D eigenvalue weighted by Gasteiger charge is 2.61. The molecule has 0 spiro atoms. The first kappa shape index (κ1) is 18.7.